The Morgan fingerprint density at radius 3 is 2.33 bits per heavy atom. The Balaban J connectivity index is 1.29. The first-order valence-electron chi connectivity index (χ1n) is 19.2. The number of amides is 4. The van der Waals surface area contributed by atoms with E-state index in [1.165, 1.54) is 19.1 Å². The van der Waals surface area contributed by atoms with Crippen LogP contribution < -0.4 is 20.1 Å². The molecule has 3 saturated carbocycles. The SMILES string of the molecule is CC12CC(C(=O)NC3(C(=O)NS(=O)(=O)C4CC4)CC3C(F)F)N(C1)C(=O)C(C(C)(C)C)NC(=O)OC1CCCC1OCC=CC(F)(F)c1nc3ccccc3nc1O2. The van der Waals surface area contributed by atoms with E-state index < -0.39 is 129 Å². The molecule has 1 saturated heterocycles. The molecule has 7 unspecified atom stereocenters. The Morgan fingerprint density at radius 1 is 1.02 bits per heavy atom. The smallest absolute Gasteiger partial charge is 0.408 e. The summed E-state index contributed by atoms with van der Waals surface area (Å²) >= 11 is 0. The van der Waals surface area contributed by atoms with Gasteiger partial charge in [0.05, 0.1) is 41.5 Å². The molecule has 316 valence electrons. The van der Waals surface area contributed by atoms with Crippen molar-refractivity contribution in [1.82, 2.24) is 30.2 Å². The van der Waals surface area contributed by atoms with E-state index in [9.17, 15) is 36.4 Å². The van der Waals surface area contributed by atoms with E-state index in [1.807, 2.05) is 4.72 Å². The summed E-state index contributed by atoms with van der Waals surface area (Å²) in [5.74, 6) is -9.46. The maximum atomic E-state index is 16.2. The lowest BCUT2D eigenvalue weighted by Crippen LogP contribution is -2.60. The minimum atomic E-state index is -4.21. The van der Waals surface area contributed by atoms with Gasteiger partial charge in [-0.25, -0.2) is 32.0 Å². The summed E-state index contributed by atoms with van der Waals surface area (Å²) in [6, 6.07) is 3.23. The van der Waals surface area contributed by atoms with Gasteiger partial charge in [0.2, 0.25) is 34.1 Å². The zero-order valence-corrected chi connectivity index (χ0v) is 33.1. The highest BCUT2D eigenvalue weighted by Gasteiger charge is 2.67. The molecule has 2 bridgehead atoms. The summed E-state index contributed by atoms with van der Waals surface area (Å²) in [5.41, 5.74) is -5.63. The van der Waals surface area contributed by atoms with Crippen LogP contribution in [0.1, 0.15) is 78.3 Å². The number of halogens is 4. The molecule has 4 fully saturated rings. The number of hydrogen-bond donors (Lipinski definition) is 3. The molecule has 5 aliphatic rings. The van der Waals surface area contributed by atoms with Crippen molar-refractivity contribution in [2.75, 3.05) is 13.2 Å². The molecular weight excluding hydrogens is 793 g/mol. The number of fused-ring (bicyclic) bond motifs is 5. The van der Waals surface area contributed by atoms with Crippen LogP contribution >= 0.6 is 0 Å². The molecule has 20 heteroatoms. The zero-order valence-electron chi connectivity index (χ0n) is 32.3. The lowest BCUT2D eigenvalue weighted by Gasteiger charge is -2.36. The number of para-hydroxylation sites is 2. The molecule has 2 aromatic rings. The van der Waals surface area contributed by atoms with Crippen molar-refractivity contribution >= 4 is 44.9 Å². The van der Waals surface area contributed by atoms with E-state index in [1.54, 1.807) is 32.9 Å². The summed E-state index contributed by atoms with van der Waals surface area (Å²) in [6.07, 6.45) is -2.83. The Hall–Kier alpha value is -4.59. The fourth-order valence-electron chi connectivity index (χ4n) is 7.91. The number of rotatable bonds is 6. The number of ether oxygens (including phenoxy) is 3. The molecule has 1 aromatic carbocycles. The molecule has 15 nitrogen and oxygen atoms in total. The second-order valence-corrected chi connectivity index (χ2v) is 19.1. The second-order valence-electron chi connectivity index (χ2n) is 17.1. The van der Waals surface area contributed by atoms with Crippen LogP contribution in [0.5, 0.6) is 5.88 Å². The lowest BCUT2D eigenvalue weighted by molar-refractivity contribution is -0.143. The molecule has 1 aromatic heterocycles. The van der Waals surface area contributed by atoms with Gasteiger partial charge in [-0.1, -0.05) is 39.0 Å². The Morgan fingerprint density at radius 2 is 1.69 bits per heavy atom. The first kappa shape index (κ1) is 41.6. The maximum absolute atomic E-state index is 16.2. The largest absolute Gasteiger partial charge is 0.468 e. The van der Waals surface area contributed by atoms with Gasteiger partial charge >= 0.3 is 12.0 Å². The van der Waals surface area contributed by atoms with Gasteiger partial charge in [-0.3, -0.25) is 19.1 Å². The number of sulfonamides is 1. The van der Waals surface area contributed by atoms with E-state index in [-0.39, 0.29) is 30.5 Å². The number of allylic oxidation sites excluding steroid dienone is 1. The Kier molecular flexibility index (Phi) is 10.7. The third-order valence-corrected chi connectivity index (χ3v) is 13.1. The van der Waals surface area contributed by atoms with Crippen molar-refractivity contribution in [2.45, 2.75) is 126 Å². The number of alkyl halides is 4. The van der Waals surface area contributed by atoms with Gasteiger partial charge in [0.1, 0.15) is 29.3 Å². The van der Waals surface area contributed by atoms with Gasteiger partial charge in [-0.15, -0.1) is 0 Å². The van der Waals surface area contributed by atoms with Crippen LogP contribution in [-0.2, 0) is 39.8 Å². The van der Waals surface area contributed by atoms with Crippen LogP contribution in [0.15, 0.2) is 36.4 Å². The van der Waals surface area contributed by atoms with Gasteiger partial charge in [0, 0.05) is 6.42 Å². The third kappa shape index (κ3) is 8.31. The van der Waals surface area contributed by atoms with Crippen molar-refractivity contribution in [3.05, 3.63) is 42.1 Å². The summed E-state index contributed by atoms with van der Waals surface area (Å²) in [5, 5.41) is 4.08. The lowest BCUT2D eigenvalue weighted by atomic mass is 9.85. The number of benzene rings is 1. The summed E-state index contributed by atoms with van der Waals surface area (Å²) < 4.78 is 106. The quantitative estimate of drug-likeness (QED) is 0.283. The number of carbonyl (C=O) groups is 4. The number of carbonyl (C=O) groups excluding carboxylic acids is 4. The van der Waals surface area contributed by atoms with Crippen molar-refractivity contribution in [3.63, 3.8) is 0 Å². The van der Waals surface area contributed by atoms with Gasteiger partial charge in [0.25, 0.3) is 5.91 Å². The fraction of sp³-hybridized carbons (Fsp3) is 0.632. The predicted octanol–water partition coefficient (Wildman–Crippen LogP) is 3.86. The second kappa shape index (κ2) is 14.9. The molecule has 0 radical (unpaired) electrons. The molecule has 2 aliphatic heterocycles. The predicted molar refractivity (Wildman–Crippen MR) is 197 cm³/mol. The normalized spacial score (nSPS) is 31.6. The van der Waals surface area contributed by atoms with Crippen LogP contribution in [0.4, 0.5) is 22.4 Å². The molecule has 7 atom stereocenters. The van der Waals surface area contributed by atoms with Gasteiger partial charge in [-0.05, 0) is 69.1 Å². The van der Waals surface area contributed by atoms with E-state index in [2.05, 4.69) is 20.6 Å². The summed E-state index contributed by atoms with van der Waals surface area (Å²) in [6.45, 7) is 5.63. The molecule has 0 spiro atoms. The minimum Gasteiger partial charge on any atom is -0.468 e. The van der Waals surface area contributed by atoms with Crippen LogP contribution in [0.25, 0.3) is 11.0 Å². The average molecular weight is 839 g/mol. The zero-order chi connectivity index (χ0) is 42.0. The Labute approximate surface area is 332 Å². The van der Waals surface area contributed by atoms with Crippen LogP contribution in [0.2, 0.25) is 0 Å². The number of alkyl carbamates (subject to hydrolysis) is 1. The number of aromatic nitrogens is 2. The molecule has 7 rings (SSSR count). The van der Waals surface area contributed by atoms with Gasteiger partial charge in [-0.2, -0.15) is 8.78 Å². The standard InChI is InChI=1S/C38H46F4N6O9S/c1-35(2,3)28-32(50)48-19-36(4,18-24(48)30(49)46-37(17-21(37)29(39)40)33(51)47-58(53,54)20-13-14-20)57-31-27(43-22-9-5-6-10-23(22)44-31)38(41,42)15-8-16-55-25-11-7-12-26(25)56-34(52)45-28/h5-6,8-10,15,20-21,24-26,28-29H,7,11-14,16-19H2,1-4H3,(H,45,52)(H,46,49)(H,47,51). The number of hydrogen-bond acceptors (Lipinski definition) is 11. The van der Waals surface area contributed by atoms with Crippen molar-refractivity contribution in [2.24, 2.45) is 11.3 Å². The van der Waals surface area contributed by atoms with Crippen LogP contribution in [0, 0.1) is 11.3 Å². The molecule has 3 heterocycles. The third-order valence-electron chi connectivity index (χ3n) is 11.3. The minimum absolute atomic E-state index is 0.127. The average Bonchev–Trinajstić information content (AvgIpc) is 4.05. The van der Waals surface area contributed by atoms with Crippen molar-refractivity contribution < 1.29 is 59.4 Å². The molecule has 3 N–H and O–H groups in total. The van der Waals surface area contributed by atoms with Crippen LogP contribution in [-0.4, -0.2) is 107 Å². The highest BCUT2D eigenvalue weighted by Crippen LogP contribution is 2.49. The van der Waals surface area contributed by atoms with E-state index >= 15 is 8.78 Å². The van der Waals surface area contributed by atoms with Gasteiger partial charge in [0.15, 0.2) is 5.69 Å². The molecular formula is C38H46F4N6O9S. The number of nitrogens with one attached hydrogen (secondary N) is 3. The van der Waals surface area contributed by atoms with E-state index in [0.29, 0.717) is 25.3 Å². The Bertz CT molecular complexity index is 2130. The molecule has 4 amide bonds. The van der Waals surface area contributed by atoms with E-state index in [4.69, 9.17) is 14.2 Å². The first-order chi connectivity index (χ1) is 27.1. The topological polar surface area (TPSA) is 195 Å². The highest BCUT2D eigenvalue weighted by atomic mass is 32.2. The molecule has 58 heavy (non-hydrogen) atoms. The van der Waals surface area contributed by atoms with E-state index in [0.717, 1.165) is 11.0 Å². The van der Waals surface area contributed by atoms with Gasteiger partial charge < -0.3 is 29.7 Å². The monoisotopic (exact) mass is 838 g/mol. The molecule has 3 aliphatic carbocycles. The summed E-state index contributed by atoms with van der Waals surface area (Å²) in [7, 11) is -4.21. The fourth-order valence-corrected chi connectivity index (χ4v) is 9.28. The van der Waals surface area contributed by atoms with Crippen molar-refractivity contribution in [3.8, 4) is 5.88 Å². The summed E-state index contributed by atoms with van der Waals surface area (Å²) in [4.78, 5) is 65.6. The number of nitrogens with zero attached hydrogens (tertiary/aromatic N) is 3. The highest BCUT2D eigenvalue weighted by molar-refractivity contribution is 7.91. The van der Waals surface area contributed by atoms with Crippen molar-refractivity contribution in [1.29, 1.82) is 0 Å². The maximum Gasteiger partial charge on any atom is 0.408 e. The first-order valence-corrected chi connectivity index (χ1v) is 20.7. The van der Waals surface area contributed by atoms with Crippen LogP contribution in [0.3, 0.4) is 0 Å².